The maximum absolute atomic E-state index is 9.42. The Morgan fingerprint density at radius 1 is 0.688 bits per heavy atom. The summed E-state index contributed by atoms with van der Waals surface area (Å²) in [6.45, 7) is 14.8. The van der Waals surface area contributed by atoms with Crippen molar-refractivity contribution in [2.24, 2.45) is 0 Å². The van der Waals surface area contributed by atoms with E-state index < -0.39 is 0 Å². The van der Waals surface area contributed by atoms with Crippen molar-refractivity contribution in [3.8, 4) is 34.4 Å². The Balaban J connectivity index is 2.30. The van der Waals surface area contributed by atoms with Crippen molar-refractivity contribution in [3.63, 3.8) is 0 Å². The van der Waals surface area contributed by atoms with E-state index in [1.54, 1.807) is 0 Å². The molecule has 0 fully saturated rings. The van der Waals surface area contributed by atoms with Gasteiger partial charge in [0.05, 0.1) is 13.6 Å². The van der Waals surface area contributed by atoms with Gasteiger partial charge in [-0.15, -0.1) is 22.7 Å². The quantitative estimate of drug-likeness (QED) is 0.382. The van der Waals surface area contributed by atoms with Crippen molar-refractivity contribution in [2.75, 3.05) is 0 Å². The summed E-state index contributed by atoms with van der Waals surface area (Å²) in [7, 11) is 0. The van der Waals surface area contributed by atoms with Gasteiger partial charge in [0, 0.05) is 11.1 Å². The van der Waals surface area contributed by atoms with Gasteiger partial charge in [0.25, 0.3) is 0 Å². The Kier molecular flexibility index (Phi) is 5.94. The van der Waals surface area contributed by atoms with E-state index in [4.69, 9.17) is 13.1 Å². The predicted molar refractivity (Wildman–Crippen MR) is 128 cm³/mol. The minimum Gasteiger partial charge on any atom is -0.192 e. The van der Waals surface area contributed by atoms with E-state index in [1.165, 1.54) is 22.7 Å². The van der Waals surface area contributed by atoms with E-state index >= 15 is 0 Å². The van der Waals surface area contributed by atoms with Gasteiger partial charge < -0.3 is 0 Å². The van der Waals surface area contributed by atoms with Gasteiger partial charge in [-0.2, -0.15) is 20.2 Å². The van der Waals surface area contributed by atoms with Crippen LogP contribution in [-0.4, -0.2) is 0 Å². The molecule has 0 radical (unpaired) electrons. The van der Waals surface area contributed by atoms with E-state index in [-0.39, 0.29) is 11.4 Å². The van der Waals surface area contributed by atoms with Crippen molar-refractivity contribution >= 4 is 34.1 Å². The number of hydrogen-bond donors (Lipinski definition) is 0. The van der Waals surface area contributed by atoms with Gasteiger partial charge in [-0.1, -0.05) is 60.7 Å². The van der Waals surface area contributed by atoms with Crippen LogP contribution in [-0.2, 0) is 0 Å². The average Bonchev–Trinajstić information content (AvgIpc) is 3.47. The third kappa shape index (κ3) is 3.81. The molecule has 0 bridgehead atoms. The van der Waals surface area contributed by atoms with Crippen LogP contribution in [0, 0.1) is 44.9 Å². The van der Waals surface area contributed by atoms with Crippen LogP contribution in [0.25, 0.3) is 43.3 Å². The van der Waals surface area contributed by atoms with E-state index in [2.05, 4.69) is 9.69 Å². The second kappa shape index (κ2) is 9.13. The fourth-order valence-corrected chi connectivity index (χ4v) is 5.69. The zero-order valence-electron chi connectivity index (χ0n) is 16.5. The van der Waals surface area contributed by atoms with Crippen molar-refractivity contribution in [3.05, 3.63) is 114 Å². The lowest BCUT2D eigenvalue weighted by atomic mass is 10.1. The molecule has 0 spiro atoms. The molecule has 148 valence electrons. The highest BCUT2D eigenvalue weighted by molar-refractivity contribution is 7.12. The Bertz CT molecular complexity index is 1540. The number of thiophene rings is 2. The summed E-state index contributed by atoms with van der Waals surface area (Å²) in [4.78, 5) is 6.79. The third-order valence-electron chi connectivity index (χ3n) is 4.74. The van der Waals surface area contributed by atoms with E-state index in [0.29, 0.717) is 9.06 Å². The first kappa shape index (κ1) is 20.8. The molecule has 6 heteroatoms. The molecule has 0 saturated heterocycles. The molecule has 0 atom stereocenters. The molecule has 2 aromatic carbocycles. The summed E-state index contributed by atoms with van der Waals surface area (Å²) in [6.07, 6.45) is 0. The highest BCUT2D eigenvalue weighted by Gasteiger charge is 2.14. The average molecular weight is 445 g/mol. The number of benzene rings is 2. The first-order valence-electron chi connectivity index (χ1n) is 9.38. The van der Waals surface area contributed by atoms with E-state index in [9.17, 15) is 10.5 Å². The second-order valence-electron chi connectivity index (χ2n) is 6.58. The highest BCUT2D eigenvalue weighted by atomic mass is 32.1. The molecule has 0 saturated carbocycles. The molecule has 32 heavy (non-hydrogen) atoms. The largest absolute Gasteiger partial charge is 0.536 e. The lowest BCUT2D eigenvalue weighted by Gasteiger charge is -1.99. The van der Waals surface area contributed by atoms with Gasteiger partial charge in [0.2, 0.25) is 0 Å². The van der Waals surface area contributed by atoms with Crippen LogP contribution in [0.15, 0.2) is 72.8 Å². The number of nitriles is 2. The first-order chi connectivity index (χ1) is 15.7. The molecule has 2 aromatic heterocycles. The van der Waals surface area contributed by atoms with Gasteiger partial charge in [0.15, 0.2) is 0 Å². The SMILES string of the molecule is [C-]#[N+]C([N+]#[C-])=c1cc(-c2ccccc2)/c(=c2\sc(=C(C#N)C#N)cc2-c2ccccc2)s1. The van der Waals surface area contributed by atoms with Crippen LogP contribution in [0.5, 0.6) is 0 Å². The van der Waals surface area contributed by atoms with Crippen LogP contribution in [0.2, 0.25) is 0 Å². The first-order valence-corrected chi connectivity index (χ1v) is 11.0. The summed E-state index contributed by atoms with van der Waals surface area (Å²) >= 11 is 2.76. The minimum absolute atomic E-state index is 0.0257. The van der Waals surface area contributed by atoms with Gasteiger partial charge >= 0.3 is 5.82 Å². The van der Waals surface area contributed by atoms with E-state index in [1.807, 2.05) is 84.9 Å². The maximum atomic E-state index is 9.42. The maximum Gasteiger partial charge on any atom is 0.536 e. The standard InChI is InChI=1S/C26H12N4S2/c1-29-26(30-2)23-14-21(18-11-7-4-8-12-18)25(32-23)24-20(17-9-5-3-6-10-17)13-22(31-24)19(15-27)16-28/h3-14H/b25-24+. The van der Waals surface area contributed by atoms with Gasteiger partial charge in [-0.05, 0) is 23.3 Å². The van der Waals surface area contributed by atoms with Crippen LogP contribution >= 0.6 is 22.7 Å². The van der Waals surface area contributed by atoms with Crippen molar-refractivity contribution in [1.82, 2.24) is 0 Å². The van der Waals surface area contributed by atoms with Gasteiger partial charge in [-0.25, -0.2) is 0 Å². The fourth-order valence-electron chi connectivity index (χ4n) is 3.29. The summed E-state index contributed by atoms with van der Waals surface area (Å²) in [5.41, 5.74) is 3.82. The molecule has 0 aliphatic heterocycles. The highest BCUT2D eigenvalue weighted by Crippen LogP contribution is 2.29. The van der Waals surface area contributed by atoms with Crippen LogP contribution in [0.3, 0.4) is 0 Å². The van der Waals surface area contributed by atoms with Gasteiger partial charge in [0.1, 0.15) is 35.4 Å². The molecule has 0 N–H and O–H groups in total. The molecule has 0 unspecified atom stereocenters. The molecule has 0 amide bonds. The summed E-state index contributed by atoms with van der Waals surface area (Å²) < 4.78 is 3.00. The Morgan fingerprint density at radius 2 is 1.12 bits per heavy atom. The van der Waals surface area contributed by atoms with Crippen LogP contribution in [0.1, 0.15) is 0 Å². The smallest absolute Gasteiger partial charge is 0.192 e. The zero-order chi connectivity index (χ0) is 22.5. The molecule has 4 rings (SSSR count). The number of nitrogens with zero attached hydrogens (tertiary/aromatic N) is 4. The molecule has 0 aliphatic rings. The van der Waals surface area contributed by atoms with Crippen molar-refractivity contribution < 1.29 is 0 Å². The molecule has 4 nitrogen and oxygen atoms in total. The third-order valence-corrected chi connectivity index (χ3v) is 7.19. The Morgan fingerprint density at radius 3 is 1.56 bits per heavy atom. The number of hydrogen-bond acceptors (Lipinski definition) is 4. The van der Waals surface area contributed by atoms with Crippen molar-refractivity contribution in [2.45, 2.75) is 0 Å². The normalized spacial score (nSPS) is 10.9. The fraction of sp³-hybridized carbons (Fsp3) is 0. The van der Waals surface area contributed by atoms with Crippen LogP contribution in [0.4, 0.5) is 0 Å². The number of rotatable bonds is 2. The second-order valence-corrected chi connectivity index (χ2v) is 8.69. The van der Waals surface area contributed by atoms with Crippen molar-refractivity contribution in [1.29, 1.82) is 10.5 Å². The molecule has 4 aromatic rings. The monoisotopic (exact) mass is 444 g/mol. The summed E-state index contributed by atoms with van der Waals surface area (Å²) in [5.74, 6) is 0.0257. The summed E-state index contributed by atoms with van der Waals surface area (Å²) in [5, 5.41) is 18.8. The zero-order valence-corrected chi connectivity index (χ0v) is 18.2. The molecule has 0 aliphatic carbocycles. The minimum atomic E-state index is 0.0257. The predicted octanol–water partition coefficient (Wildman–Crippen LogP) is 5.53. The molecular formula is C26H12N4S2. The van der Waals surface area contributed by atoms with E-state index in [0.717, 1.165) is 31.3 Å². The molecular weight excluding hydrogens is 432 g/mol. The molecule has 2 heterocycles. The Hall–Kier alpha value is -4.46. The lowest BCUT2D eigenvalue weighted by Crippen LogP contribution is -1.94. The topological polar surface area (TPSA) is 56.3 Å². The van der Waals surface area contributed by atoms with Gasteiger partial charge in [-0.3, -0.25) is 0 Å². The summed E-state index contributed by atoms with van der Waals surface area (Å²) in [6, 6.07) is 27.3. The Labute approximate surface area is 192 Å². The lowest BCUT2D eigenvalue weighted by molar-refractivity contribution is 1.51. The van der Waals surface area contributed by atoms with Crippen LogP contribution < -0.4 is 9.06 Å².